The fraction of sp³-hybridized carbons (Fsp3) is 0.368. The fourth-order valence-electron chi connectivity index (χ4n) is 3.26. The summed E-state index contributed by atoms with van der Waals surface area (Å²) < 4.78 is 5.18. The number of nitrogens with one attached hydrogen (secondary N) is 1. The van der Waals surface area contributed by atoms with Crippen molar-refractivity contribution in [3.63, 3.8) is 0 Å². The molecule has 1 aliphatic heterocycles. The molecule has 0 saturated carbocycles. The molecule has 0 radical (unpaired) electrons. The number of hydrogen-bond acceptors (Lipinski definition) is 4. The highest BCUT2D eigenvalue weighted by atomic mass is 16.5. The lowest BCUT2D eigenvalue weighted by molar-refractivity contribution is 0.0731. The number of ether oxygens (including phenoxy) is 1. The van der Waals surface area contributed by atoms with Crippen LogP contribution in [-0.2, 0) is 6.54 Å². The first kappa shape index (κ1) is 17.2. The minimum absolute atomic E-state index is 0.139. The number of carbonyl (C=O) groups excluding carboxylic acids is 1. The van der Waals surface area contributed by atoms with Gasteiger partial charge in [-0.1, -0.05) is 30.3 Å². The van der Waals surface area contributed by atoms with Crippen LogP contribution in [0, 0.1) is 0 Å². The van der Waals surface area contributed by atoms with Crippen molar-refractivity contribution in [1.29, 1.82) is 0 Å². The minimum Gasteiger partial charge on any atom is -0.496 e. The Morgan fingerprint density at radius 2 is 2.12 bits per heavy atom. The summed E-state index contributed by atoms with van der Waals surface area (Å²) in [5, 5.41) is 0. The Balaban J connectivity index is 1.66. The molecule has 1 aromatic heterocycles. The molecule has 1 unspecified atom stereocenters. The molecule has 1 amide bonds. The van der Waals surface area contributed by atoms with Crippen LogP contribution in [0.1, 0.15) is 22.3 Å². The first-order valence-corrected chi connectivity index (χ1v) is 8.38. The van der Waals surface area contributed by atoms with Gasteiger partial charge in [0, 0.05) is 45.0 Å². The van der Waals surface area contributed by atoms with Gasteiger partial charge in [0.1, 0.15) is 5.75 Å². The summed E-state index contributed by atoms with van der Waals surface area (Å²) in [5.74, 6) is 0.166. The van der Waals surface area contributed by atoms with E-state index in [0.717, 1.165) is 26.1 Å². The van der Waals surface area contributed by atoms with Crippen LogP contribution in [0.5, 0.6) is 5.75 Å². The molecule has 25 heavy (non-hydrogen) atoms. The molecule has 132 valence electrons. The molecule has 0 aliphatic carbocycles. The summed E-state index contributed by atoms with van der Waals surface area (Å²) in [5.41, 5.74) is 1.37. The Kier molecular flexibility index (Phi) is 5.19. The number of H-pyrrole nitrogens is 1. The first-order valence-electron chi connectivity index (χ1n) is 8.38. The maximum Gasteiger partial charge on any atom is 0.259 e. The zero-order chi connectivity index (χ0) is 17.8. The second-order valence-corrected chi connectivity index (χ2v) is 6.36. The van der Waals surface area contributed by atoms with E-state index in [1.165, 1.54) is 24.9 Å². The van der Waals surface area contributed by atoms with Crippen molar-refractivity contribution in [1.82, 2.24) is 14.8 Å². The van der Waals surface area contributed by atoms with E-state index in [1.54, 1.807) is 4.90 Å². The van der Waals surface area contributed by atoms with Gasteiger partial charge in [0.2, 0.25) is 0 Å². The number of pyridine rings is 1. The standard InChI is InChI=1S/C19H23N3O3/c1-21(19(24)16-11-20-18(23)10-17(16)25-2)15-8-9-22(13-15)12-14-6-4-3-5-7-14/h3-7,10-11,15H,8-9,12-13H2,1-2H3,(H,20,23). The van der Waals surface area contributed by atoms with Crippen molar-refractivity contribution in [2.45, 2.75) is 19.0 Å². The van der Waals surface area contributed by atoms with Crippen LogP contribution in [0.15, 0.2) is 47.4 Å². The highest BCUT2D eigenvalue weighted by molar-refractivity contribution is 5.96. The van der Waals surface area contributed by atoms with Crippen LogP contribution >= 0.6 is 0 Å². The molecule has 1 aromatic carbocycles. The Labute approximate surface area is 147 Å². The zero-order valence-corrected chi connectivity index (χ0v) is 14.6. The number of nitrogens with zero attached hydrogens (tertiary/aromatic N) is 2. The SMILES string of the molecule is COc1cc(=O)[nH]cc1C(=O)N(C)C1CCN(Cc2ccccc2)C1. The number of hydrogen-bond donors (Lipinski definition) is 1. The average Bonchev–Trinajstić information content (AvgIpc) is 3.09. The maximum absolute atomic E-state index is 12.8. The fourth-order valence-corrected chi connectivity index (χ4v) is 3.26. The number of benzene rings is 1. The van der Waals surface area contributed by atoms with Crippen LogP contribution < -0.4 is 10.3 Å². The Hall–Kier alpha value is -2.60. The summed E-state index contributed by atoms with van der Waals surface area (Å²) in [6.45, 7) is 2.68. The minimum atomic E-state index is -0.286. The van der Waals surface area contributed by atoms with Gasteiger partial charge in [-0.3, -0.25) is 14.5 Å². The molecule has 3 rings (SSSR count). The molecule has 0 spiro atoms. The normalized spacial score (nSPS) is 17.4. The van der Waals surface area contributed by atoms with Crippen molar-refractivity contribution in [2.75, 3.05) is 27.2 Å². The van der Waals surface area contributed by atoms with E-state index in [2.05, 4.69) is 22.0 Å². The van der Waals surface area contributed by atoms with E-state index in [-0.39, 0.29) is 17.5 Å². The Morgan fingerprint density at radius 1 is 1.36 bits per heavy atom. The number of likely N-dealkylation sites (tertiary alicyclic amines) is 1. The topological polar surface area (TPSA) is 65.6 Å². The number of carbonyl (C=O) groups is 1. The van der Waals surface area contributed by atoms with Crippen molar-refractivity contribution < 1.29 is 9.53 Å². The third-order valence-electron chi connectivity index (χ3n) is 4.70. The summed E-state index contributed by atoms with van der Waals surface area (Å²) in [6, 6.07) is 11.8. The van der Waals surface area contributed by atoms with E-state index in [0.29, 0.717) is 11.3 Å². The largest absolute Gasteiger partial charge is 0.496 e. The second-order valence-electron chi connectivity index (χ2n) is 6.36. The molecule has 1 fully saturated rings. The van der Waals surface area contributed by atoms with Gasteiger partial charge in [-0.05, 0) is 12.0 Å². The quantitative estimate of drug-likeness (QED) is 0.899. The molecule has 0 bridgehead atoms. The average molecular weight is 341 g/mol. The van der Waals surface area contributed by atoms with Gasteiger partial charge in [-0.15, -0.1) is 0 Å². The third-order valence-corrected chi connectivity index (χ3v) is 4.70. The van der Waals surface area contributed by atoms with Gasteiger partial charge in [-0.2, -0.15) is 0 Å². The lowest BCUT2D eigenvalue weighted by Crippen LogP contribution is -2.39. The number of rotatable bonds is 5. The molecule has 1 N–H and O–H groups in total. The van der Waals surface area contributed by atoms with Gasteiger partial charge in [-0.25, -0.2) is 0 Å². The van der Waals surface area contributed by atoms with Gasteiger partial charge in [0.15, 0.2) is 0 Å². The summed E-state index contributed by atoms with van der Waals surface area (Å²) in [4.78, 5) is 30.8. The molecule has 6 nitrogen and oxygen atoms in total. The zero-order valence-electron chi connectivity index (χ0n) is 14.6. The number of methoxy groups -OCH3 is 1. The monoisotopic (exact) mass is 341 g/mol. The van der Waals surface area contributed by atoms with Gasteiger partial charge in [0.05, 0.1) is 12.7 Å². The molecule has 2 aromatic rings. The van der Waals surface area contributed by atoms with Gasteiger partial charge in [0.25, 0.3) is 11.5 Å². The Bertz CT molecular complexity index is 788. The molecule has 1 saturated heterocycles. The van der Waals surface area contributed by atoms with Gasteiger partial charge < -0.3 is 14.6 Å². The number of aromatic nitrogens is 1. The van der Waals surface area contributed by atoms with E-state index in [4.69, 9.17) is 4.74 Å². The molecule has 1 aliphatic rings. The highest BCUT2D eigenvalue weighted by Crippen LogP contribution is 2.22. The van der Waals surface area contributed by atoms with Crippen molar-refractivity contribution >= 4 is 5.91 Å². The van der Waals surface area contributed by atoms with Crippen LogP contribution in [0.4, 0.5) is 0 Å². The summed E-state index contributed by atoms with van der Waals surface area (Å²) in [6.07, 6.45) is 2.36. The van der Waals surface area contributed by atoms with Crippen molar-refractivity contribution in [2.24, 2.45) is 0 Å². The third kappa shape index (κ3) is 3.91. The molecule has 6 heteroatoms. The van der Waals surface area contributed by atoms with Crippen LogP contribution in [0.25, 0.3) is 0 Å². The van der Waals surface area contributed by atoms with Crippen LogP contribution in [-0.4, -0.2) is 54.0 Å². The molecule has 2 heterocycles. The van der Waals surface area contributed by atoms with E-state index in [1.807, 2.05) is 25.2 Å². The van der Waals surface area contributed by atoms with Gasteiger partial charge >= 0.3 is 0 Å². The van der Waals surface area contributed by atoms with Crippen molar-refractivity contribution in [3.05, 3.63) is 64.1 Å². The molecule has 1 atom stereocenters. The van der Waals surface area contributed by atoms with E-state index in [9.17, 15) is 9.59 Å². The second kappa shape index (κ2) is 7.53. The lowest BCUT2D eigenvalue weighted by Gasteiger charge is -2.25. The van der Waals surface area contributed by atoms with Crippen LogP contribution in [0.2, 0.25) is 0 Å². The van der Waals surface area contributed by atoms with Crippen molar-refractivity contribution in [3.8, 4) is 5.75 Å². The number of aromatic amines is 1. The summed E-state index contributed by atoms with van der Waals surface area (Å²) in [7, 11) is 3.27. The van der Waals surface area contributed by atoms with E-state index < -0.39 is 0 Å². The first-order chi connectivity index (χ1) is 12.1. The number of amides is 1. The van der Waals surface area contributed by atoms with E-state index >= 15 is 0 Å². The predicted molar refractivity (Wildman–Crippen MR) is 95.8 cm³/mol. The smallest absolute Gasteiger partial charge is 0.259 e. The predicted octanol–water partition coefficient (Wildman–Crippen LogP) is 1.73. The Morgan fingerprint density at radius 3 is 2.84 bits per heavy atom. The maximum atomic E-state index is 12.8. The highest BCUT2D eigenvalue weighted by Gasteiger charge is 2.30. The molecular weight excluding hydrogens is 318 g/mol. The van der Waals surface area contributed by atoms with Crippen LogP contribution in [0.3, 0.4) is 0 Å². The number of likely N-dealkylation sites (N-methyl/N-ethyl adjacent to an activating group) is 1. The molecular formula is C19H23N3O3. The summed E-state index contributed by atoms with van der Waals surface area (Å²) >= 11 is 0. The lowest BCUT2D eigenvalue weighted by atomic mass is 10.1.